The molecule has 3 aromatic rings. The van der Waals surface area contributed by atoms with Gasteiger partial charge in [0.2, 0.25) is 0 Å². The molecule has 39 heavy (non-hydrogen) atoms. The summed E-state index contributed by atoms with van der Waals surface area (Å²) >= 11 is 0. The second-order valence-electron chi connectivity index (χ2n) is 12.9. The summed E-state index contributed by atoms with van der Waals surface area (Å²) in [4.78, 5) is 1.24. The van der Waals surface area contributed by atoms with Crippen molar-refractivity contribution in [3.05, 3.63) is 89.5 Å². The van der Waals surface area contributed by atoms with Crippen LogP contribution in [0.3, 0.4) is 0 Å². The monoisotopic (exact) mass is 581 g/mol. The van der Waals surface area contributed by atoms with Crippen LogP contribution in [-0.4, -0.2) is 17.6 Å². The van der Waals surface area contributed by atoms with Crippen LogP contribution in [0.2, 0.25) is 0 Å². The van der Waals surface area contributed by atoms with Gasteiger partial charge in [-0.1, -0.05) is 98.7 Å². The highest BCUT2D eigenvalue weighted by atomic mass is 32.3. The van der Waals surface area contributed by atoms with Gasteiger partial charge in [-0.15, -0.1) is 8.42 Å². The highest BCUT2D eigenvalue weighted by molar-refractivity contribution is 8.32. The standard InChI is InChI=1S/C31H39F3O3S2/c1-28(2,3)22-10-16-25(17-11-22)38(37-39(35,36)31(32,33)34,26-18-12-23(13-19-26)29(4,5)6)27-20-14-24(15-21-27)30(7,8)9/h10-21H,1-9H3/p+1. The molecule has 8 heteroatoms. The lowest BCUT2D eigenvalue weighted by Crippen LogP contribution is -2.30. The maximum atomic E-state index is 13.9. The largest absolute Gasteiger partial charge is 0.572 e. The second kappa shape index (κ2) is 10.3. The lowest BCUT2D eigenvalue weighted by atomic mass is 9.87. The topological polar surface area (TPSA) is 46.9 Å². The summed E-state index contributed by atoms with van der Waals surface area (Å²) < 4.78 is 71.1. The van der Waals surface area contributed by atoms with Crippen molar-refractivity contribution in [1.29, 1.82) is 0 Å². The van der Waals surface area contributed by atoms with E-state index in [0.29, 0.717) is 14.7 Å². The van der Waals surface area contributed by atoms with Crippen LogP contribution in [-0.2, 0) is 26.4 Å². The van der Waals surface area contributed by atoms with Crippen LogP contribution in [0.15, 0.2) is 87.5 Å². The molecule has 0 heterocycles. The van der Waals surface area contributed by atoms with Crippen LogP contribution in [0.25, 0.3) is 0 Å². The van der Waals surface area contributed by atoms with Crippen LogP contribution in [0.5, 0.6) is 0 Å². The summed E-state index contributed by atoms with van der Waals surface area (Å²) in [5.41, 5.74) is -3.21. The molecule has 0 aliphatic heterocycles. The van der Waals surface area contributed by atoms with Crippen molar-refractivity contribution < 1.29 is 25.2 Å². The minimum Gasteiger partial charge on any atom is -0.255 e. The van der Waals surface area contributed by atoms with Gasteiger partial charge < -0.3 is 0 Å². The molecular formula is C31H40F3O3S2+. The van der Waals surface area contributed by atoms with E-state index in [0.717, 1.165) is 16.7 Å². The summed E-state index contributed by atoms with van der Waals surface area (Å²) in [5.74, 6) is 0. The molecule has 214 valence electrons. The molecule has 0 spiro atoms. The molecular weight excluding hydrogens is 541 g/mol. The molecule has 0 aromatic heterocycles. The third-order valence-corrected chi connectivity index (χ3v) is 11.8. The molecule has 0 saturated carbocycles. The predicted octanol–water partition coefficient (Wildman–Crippen LogP) is 9.72. The average molecular weight is 582 g/mol. The second-order valence-corrected chi connectivity index (χ2v) is 17.5. The zero-order chi connectivity index (χ0) is 29.7. The lowest BCUT2D eigenvalue weighted by Gasteiger charge is -2.36. The highest BCUT2D eigenvalue weighted by Gasteiger charge is 2.58. The molecule has 0 bridgehead atoms. The van der Waals surface area contributed by atoms with Crippen LogP contribution in [0, 0.1) is 0 Å². The van der Waals surface area contributed by atoms with Gasteiger partial charge in [0.15, 0.2) is 0 Å². The Morgan fingerprint density at radius 3 is 0.897 bits per heavy atom. The van der Waals surface area contributed by atoms with E-state index >= 15 is 0 Å². The minimum atomic E-state index is -5.85. The van der Waals surface area contributed by atoms with Crippen molar-refractivity contribution in [2.75, 3.05) is 0 Å². The first-order chi connectivity index (χ1) is 17.6. The first kappa shape index (κ1) is 31.2. The van der Waals surface area contributed by atoms with Gasteiger partial charge in [0.25, 0.3) is 0 Å². The minimum absolute atomic E-state index is 0.200. The zero-order valence-corrected chi connectivity index (χ0v) is 25.8. The fraction of sp³-hybridized carbons (Fsp3) is 0.419. The molecule has 3 nitrogen and oxygen atoms in total. The van der Waals surface area contributed by atoms with Crippen LogP contribution < -0.4 is 0 Å². The van der Waals surface area contributed by atoms with E-state index in [1.54, 1.807) is 36.4 Å². The van der Waals surface area contributed by atoms with Gasteiger partial charge in [-0.2, -0.15) is 13.2 Å². The van der Waals surface area contributed by atoms with E-state index in [2.05, 4.69) is 3.63 Å². The summed E-state index contributed by atoms with van der Waals surface area (Å²) in [6.45, 7) is 18.3. The number of benzene rings is 3. The fourth-order valence-electron chi connectivity index (χ4n) is 4.18. The molecule has 0 aliphatic rings. The van der Waals surface area contributed by atoms with E-state index in [1.165, 1.54) is 0 Å². The van der Waals surface area contributed by atoms with Crippen molar-refractivity contribution in [1.82, 2.24) is 0 Å². The Balaban J connectivity index is 2.43. The first-order valence-electron chi connectivity index (χ1n) is 12.8. The molecule has 0 saturated heterocycles. The molecule has 0 amide bonds. The van der Waals surface area contributed by atoms with Gasteiger partial charge in [0.05, 0.1) is 25.0 Å². The summed E-state index contributed by atoms with van der Waals surface area (Å²) in [5, 5.41) is 0. The Morgan fingerprint density at radius 2 is 0.718 bits per heavy atom. The van der Waals surface area contributed by atoms with Crippen molar-refractivity contribution in [3.8, 4) is 0 Å². The smallest absolute Gasteiger partial charge is 0.255 e. The molecule has 3 aromatic carbocycles. The number of hydrogen-bond donors (Lipinski definition) is 0. The normalized spacial score (nSPS) is 14.4. The number of rotatable bonds is 5. The first-order valence-corrected chi connectivity index (χ1v) is 15.8. The molecule has 0 radical (unpaired) electrons. The summed E-state index contributed by atoms with van der Waals surface area (Å²) in [6, 6.07) is 21.4. The molecule has 0 fully saturated rings. The number of halogens is 3. The Bertz CT molecular complexity index is 1250. The van der Waals surface area contributed by atoms with Crippen LogP contribution in [0.4, 0.5) is 13.2 Å². The molecule has 0 aliphatic carbocycles. The molecule has 3 rings (SSSR count). The van der Waals surface area contributed by atoms with Crippen molar-refractivity contribution in [2.45, 2.75) is 98.8 Å². The van der Waals surface area contributed by atoms with E-state index in [4.69, 9.17) is 0 Å². The molecule has 0 unspecified atom stereocenters. The third-order valence-electron chi connectivity index (χ3n) is 6.69. The lowest BCUT2D eigenvalue weighted by molar-refractivity contribution is -0.0540. The van der Waals surface area contributed by atoms with E-state index < -0.39 is 25.9 Å². The van der Waals surface area contributed by atoms with Crippen LogP contribution in [0.1, 0.15) is 79.0 Å². The van der Waals surface area contributed by atoms with Crippen LogP contribution >= 0.6 is 10.3 Å². The van der Waals surface area contributed by atoms with Crippen molar-refractivity contribution in [3.63, 3.8) is 0 Å². The number of hydrogen-bond acceptors (Lipinski definition) is 2. The van der Waals surface area contributed by atoms with Gasteiger partial charge in [-0.25, -0.2) is 0 Å². The van der Waals surface area contributed by atoms with Crippen molar-refractivity contribution in [2.24, 2.45) is 0 Å². The highest BCUT2D eigenvalue weighted by Crippen LogP contribution is 2.69. The maximum Gasteiger partial charge on any atom is 0.572 e. The Morgan fingerprint density at radius 1 is 0.487 bits per heavy atom. The quantitative estimate of drug-likeness (QED) is 0.171. The molecule has 0 atom stereocenters. The van der Waals surface area contributed by atoms with E-state index in [-0.39, 0.29) is 16.2 Å². The third kappa shape index (κ3) is 6.55. The summed E-state index contributed by atoms with van der Waals surface area (Å²) in [7, 11) is -9.10. The van der Waals surface area contributed by atoms with Gasteiger partial charge in [0.1, 0.15) is 0 Å². The van der Waals surface area contributed by atoms with Gasteiger partial charge in [-0.3, -0.25) is 3.63 Å². The Hall–Kier alpha value is -2.29. The Labute approximate surface area is 233 Å². The Kier molecular flexibility index (Phi) is 8.23. The zero-order valence-electron chi connectivity index (χ0n) is 24.1. The maximum absolute atomic E-state index is 13.9. The number of alkyl halides is 3. The fourth-order valence-corrected chi connectivity index (χ4v) is 9.14. The molecule has 1 N–H and O–H groups in total. The average Bonchev–Trinajstić information content (AvgIpc) is 2.80. The summed E-state index contributed by atoms with van der Waals surface area (Å²) in [6.07, 6.45) is 0. The van der Waals surface area contributed by atoms with E-state index in [9.17, 15) is 21.6 Å². The van der Waals surface area contributed by atoms with Gasteiger partial charge in [0, 0.05) is 0 Å². The van der Waals surface area contributed by atoms with Gasteiger partial charge >= 0.3 is 15.6 Å². The van der Waals surface area contributed by atoms with Gasteiger partial charge in [-0.05, 0) is 69.3 Å². The SMILES string of the molecule is CC(C)(C)c1ccc(S([OH+]S(=O)(=O)C(F)(F)F)(c2ccc(C(C)(C)C)cc2)c2ccc(C(C)(C)C)cc2)cc1. The van der Waals surface area contributed by atoms with E-state index in [1.807, 2.05) is 98.7 Å². The van der Waals surface area contributed by atoms with Crippen molar-refractivity contribution >= 4 is 20.4 Å². The predicted molar refractivity (Wildman–Crippen MR) is 155 cm³/mol.